The van der Waals surface area contributed by atoms with Gasteiger partial charge in [-0.2, -0.15) is 0 Å². The quantitative estimate of drug-likeness (QED) is 0.676. The number of anilines is 3. The number of hydrogen-bond donors (Lipinski definition) is 1. The Bertz CT molecular complexity index is 702. The highest BCUT2D eigenvalue weighted by atomic mass is 16.6. The van der Waals surface area contributed by atoms with Crippen LogP contribution in [0.15, 0.2) is 36.4 Å². The summed E-state index contributed by atoms with van der Waals surface area (Å²) < 4.78 is 0. The molecule has 0 saturated heterocycles. The highest BCUT2D eigenvalue weighted by Gasteiger charge is 2.30. The van der Waals surface area contributed by atoms with Crippen molar-refractivity contribution in [2.75, 3.05) is 10.6 Å². The molecule has 0 fully saturated rings. The summed E-state index contributed by atoms with van der Waals surface area (Å²) in [6, 6.07) is 10.9. The summed E-state index contributed by atoms with van der Waals surface area (Å²) in [6.07, 6.45) is 1.88. The van der Waals surface area contributed by atoms with Gasteiger partial charge in [0.25, 0.3) is 0 Å². The van der Waals surface area contributed by atoms with E-state index in [2.05, 4.69) is 4.98 Å². The molecular weight excluding hydrogens is 268 g/mol. The maximum Gasteiger partial charge on any atom is 0.312 e. The van der Waals surface area contributed by atoms with E-state index in [1.54, 1.807) is 0 Å². The Labute approximate surface area is 122 Å². The number of rotatable bonds is 2. The van der Waals surface area contributed by atoms with Crippen molar-refractivity contribution in [3.8, 4) is 0 Å². The van der Waals surface area contributed by atoms with Crippen molar-refractivity contribution < 1.29 is 4.92 Å². The zero-order chi connectivity index (χ0) is 15.0. The number of nitrogens with two attached hydrogens (primary N) is 1. The van der Waals surface area contributed by atoms with E-state index < -0.39 is 4.92 Å². The molecule has 1 aliphatic rings. The Kier molecular flexibility index (Phi) is 3.21. The third-order valence-corrected chi connectivity index (χ3v) is 3.82. The molecule has 3 rings (SSSR count). The fourth-order valence-electron chi connectivity index (χ4n) is 2.79. The maximum absolute atomic E-state index is 11.3. The van der Waals surface area contributed by atoms with Gasteiger partial charge in [-0.05, 0) is 37.5 Å². The van der Waals surface area contributed by atoms with Crippen molar-refractivity contribution in [2.24, 2.45) is 0 Å². The fraction of sp³-hybridized carbons (Fsp3) is 0.267. The molecule has 2 N–H and O–H groups in total. The van der Waals surface area contributed by atoms with Gasteiger partial charge in [-0.25, -0.2) is 4.98 Å². The summed E-state index contributed by atoms with van der Waals surface area (Å²) in [6.45, 7) is 2.05. The first-order valence-electron chi connectivity index (χ1n) is 6.86. The summed E-state index contributed by atoms with van der Waals surface area (Å²) in [5.74, 6) is 0.602. The first kappa shape index (κ1) is 13.4. The standard InChI is InChI=1S/C15H16N4O2/c1-10-6-7-11-4-2-3-5-12(11)18(10)15-13(19(20)21)8-9-14(16)17-15/h2-5,8-10H,6-7H2,1H3,(H2,16,17). The molecule has 2 aromatic rings. The lowest BCUT2D eigenvalue weighted by Gasteiger charge is -2.35. The third-order valence-electron chi connectivity index (χ3n) is 3.82. The largest absolute Gasteiger partial charge is 0.384 e. The Morgan fingerprint density at radius 1 is 1.33 bits per heavy atom. The van der Waals surface area contributed by atoms with Crippen LogP contribution in [0.5, 0.6) is 0 Å². The molecule has 0 radical (unpaired) electrons. The summed E-state index contributed by atoms with van der Waals surface area (Å²) in [5, 5.41) is 11.3. The van der Waals surface area contributed by atoms with Gasteiger partial charge in [-0.1, -0.05) is 18.2 Å². The minimum atomic E-state index is -0.411. The van der Waals surface area contributed by atoms with Crippen LogP contribution in [0.4, 0.5) is 23.0 Å². The number of nitrogens with zero attached hydrogens (tertiary/aromatic N) is 3. The lowest BCUT2D eigenvalue weighted by atomic mass is 9.96. The molecule has 2 heterocycles. The van der Waals surface area contributed by atoms with Gasteiger partial charge in [0.1, 0.15) is 5.82 Å². The van der Waals surface area contributed by atoms with E-state index in [-0.39, 0.29) is 17.5 Å². The summed E-state index contributed by atoms with van der Waals surface area (Å²) in [7, 11) is 0. The molecule has 6 heteroatoms. The van der Waals surface area contributed by atoms with Crippen LogP contribution in [0.3, 0.4) is 0 Å². The first-order valence-corrected chi connectivity index (χ1v) is 6.86. The van der Waals surface area contributed by atoms with E-state index in [4.69, 9.17) is 5.73 Å². The number of hydrogen-bond acceptors (Lipinski definition) is 5. The van der Waals surface area contributed by atoms with Gasteiger partial charge in [-0.3, -0.25) is 10.1 Å². The molecule has 1 aromatic heterocycles. The molecule has 1 aliphatic heterocycles. The SMILES string of the molecule is CC1CCc2ccccc2N1c1nc(N)ccc1[N+](=O)[O-]. The van der Waals surface area contributed by atoms with Crippen molar-refractivity contribution in [3.63, 3.8) is 0 Å². The van der Waals surface area contributed by atoms with Gasteiger partial charge in [0.2, 0.25) is 5.82 Å². The second-order valence-corrected chi connectivity index (χ2v) is 5.22. The highest BCUT2D eigenvalue weighted by molar-refractivity contribution is 5.73. The average Bonchev–Trinajstić information content (AvgIpc) is 2.46. The molecule has 1 unspecified atom stereocenters. The van der Waals surface area contributed by atoms with E-state index in [0.717, 1.165) is 18.5 Å². The zero-order valence-corrected chi connectivity index (χ0v) is 11.7. The second kappa shape index (κ2) is 5.05. The number of benzene rings is 1. The highest BCUT2D eigenvalue weighted by Crippen LogP contribution is 2.39. The van der Waals surface area contributed by atoms with Crippen LogP contribution in [0.25, 0.3) is 0 Å². The number of fused-ring (bicyclic) bond motifs is 1. The van der Waals surface area contributed by atoms with Crippen molar-refractivity contribution in [2.45, 2.75) is 25.8 Å². The molecule has 0 amide bonds. The predicted molar refractivity (Wildman–Crippen MR) is 81.7 cm³/mol. The van der Waals surface area contributed by atoms with Gasteiger partial charge in [-0.15, -0.1) is 0 Å². The van der Waals surface area contributed by atoms with Crippen LogP contribution in [0.2, 0.25) is 0 Å². The van der Waals surface area contributed by atoms with E-state index >= 15 is 0 Å². The number of pyridine rings is 1. The summed E-state index contributed by atoms with van der Waals surface area (Å²) in [4.78, 5) is 17.0. The number of nitro groups is 1. The molecule has 0 aliphatic carbocycles. The molecular formula is C15H16N4O2. The van der Waals surface area contributed by atoms with Crippen LogP contribution in [0.1, 0.15) is 18.9 Å². The molecule has 0 saturated carbocycles. The average molecular weight is 284 g/mol. The van der Waals surface area contributed by atoms with Crippen molar-refractivity contribution in [1.82, 2.24) is 4.98 Å². The van der Waals surface area contributed by atoms with Crippen LogP contribution >= 0.6 is 0 Å². The zero-order valence-electron chi connectivity index (χ0n) is 11.7. The van der Waals surface area contributed by atoms with Crippen LogP contribution in [-0.2, 0) is 6.42 Å². The summed E-state index contributed by atoms with van der Waals surface area (Å²) in [5.41, 5.74) is 7.86. The van der Waals surface area contributed by atoms with Gasteiger partial charge >= 0.3 is 5.69 Å². The van der Waals surface area contributed by atoms with E-state index in [1.165, 1.54) is 17.7 Å². The normalized spacial score (nSPS) is 17.4. The lowest BCUT2D eigenvalue weighted by molar-refractivity contribution is -0.384. The number of nitrogen functional groups attached to an aromatic ring is 1. The number of aryl methyl sites for hydroxylation is 1. The monoisotopic (exact) mass is 284 g/mol. The molecule has 0 bridgehead atoms. The third kappa shape index (κ3) is 2.29. The van der Waals surface area contributed by atoms with E-state index in [1.807, 2.05) is 36.1 Å². The Morgan fingerprint density at radius 2 is 2.10 bits per heavy atom. The van der Waals surface area contributed by atoms with Crippen molar-refractivity contribution in [3.05, 3.63) is 52.1 Å². The maximum atomic E-state index is 11.3. The van der Waals surface area contributed by atoms with Crippen LogP contribution in [-0.4, -0.2) is 15.9 Å². The van der Waals surface area contributed by atoms with Crippen molar-refractivity contribution >= 4 is 23.0 Å². The van der Waals surface area contributed by atoms with E-state index in [9.17, 15) is 10.1 Å². The Morgan fingerprint density at radius 3 is 2.86 bits per heavy atom. The molecule has 21 heavy (non-hydrogen) atoms. The first-order chi connectivity index (χ1) is 10.1. The fourth-order valence-corrected chi connectivity index (χ4v) is 2.79. The van der Waals surface area contributed by atoms with Gasteiger partial charge in [0.15, 0.2) is 0 Å². The second-order valence-electron chi connectivity index (χ2n) is 5.22. The summed E-state index contributed by atoms with van der Waals surface area (Å²) >= 11 is 0. The Balaban J connectivity index is 2.20. The molecule has 0 spiro atoms. The van der Waals surface area contributed by atoms with Gasteiger partial charge in [0.05, 0.1) is 4.92 Å². The lowest BCUT2D eigenvalue weighted by Crippen LogP contribution is -2.34. The molecule has 108 valence electrons. The minimum absolute atomic E-state index is 0.0206. The van der Waals surface area contributed by atoms with Crippen molar-refractivity contribution in [1.29, 1.82) is 0 Å². The molecule has 6 nitrogen and oxygen atoms in total. The number of aromatic nitrogens is 1. The van der Waals surface area contributed by atoms with Crippen LogP contribution < -0.4 is 10.6 Å². The van der Waals surface area contributed by atoms with Gasteiger partial charge < -0.3 is 10.6 Å². The number of para-hydroxylation sites is 1. The Hall–Kier alpha value is -2.63. The topological polar surface area (TPSA) is 85.3 Å². The minimum Gasteiger partial charge on any atom is -0.384 e. The molecule has 1 atom stereocenters. The van der Waals surface area contributed by atoms with E-state index in [0.29, 0.717) is 5.82 Å². The van der Waals surface area contributed by atoms with Crippen LogP contribution in [0, 0.1) is 10.1 Å². The smallest absolute Gasteiger partial charge is 0.312 e. The van der Waals surface area contributed by atoms with Gasteiger partial charge in [0, 0.05) is 17.8 Å². The molecule has 1 aromatic carbocycles. The predicted octanol–water partition coefficient (Wildman–Crippen LogP) is 3.04.